The minimum Gasteiger partial charge on any atom is -0.206 e. The molecule has 0 saturated carbocycles. The molecule has 0 amide bonds. The molecule has 2 aromatic rings. The molecular weight excluding hydrogens is 369 g/mol. The lowest BCUT2D eigenvalue weighted by Gasteiger charge is -2.17. The molecule has 2 rings (SSSR count). The van der Waals surface area contributed by atoms with Gasteiger partial charge in [0.1, 0.15) is 0 Å². The minimum absolute atomic E-state index is 0.0215. The van der Waals surface area contributed by atoms with Crippen LogP contribution in [0.15, 0.2) is 58.3 Å². The second-order valence-electron chi connectivity index (χ2n) is 4.28. The molecule has 0 aliphatic rings. The molecule has 0 atom stereocenters. The van der Waals surface area contributed by atoms with E-state index in [0.717, 1.165) is 13.1 Å². The van der Waals surface area contributed by atoms with Crippen molar-refractivity contribution >= 4 is 43.2 Å². The second kappa shape index (κ2) is 6.17. The molecule has 0 bridgehead atoms. The van der Waals surface area contributed by atoms with Crippen LogP contribution < -0.4 is 0 Å². The Morgan fingerprint density at radius 2 is 1.32 bits per heavy atom. The van der Waals surface area contributed by atoms with Crippen LogP contribution >= 0.6 is 23.2 Å². The molecule has 0 heterocycles. The Morgan fingerprint density at radius 3 is 1.86 bits per heavy atom. The van der Waals surface area contributed by atoms with Gasteiger partial charge in [-0.05, 0) is 30.3 Å². The Labute approximate surface area is 139 Å². The highest BCUT2D eigenvalue weighted by Gasteiger charge is 2.33. The highest BCUT2D eigenvalue weighted by atomic mass is 35.5. The Balaban J connectivity index is 2.51. The van der Waals surface area contributed by atoms with Gasteiger partial charge in [-0.1, -0.05) is 45.1 Å². The smallest absolute Gasteiger partial charge is 0.206 e. The predicted molar refractivity (Wildman–Crippen MR) is 85.0 cm³/mol. The quantitative estimate of drug-likeness (QED) is 0.818. The van der Waals surface area contributed by atoms with Gasteiger partial charge in [-0.3, -0.25) is 0 Å². The van der Waals surface area contributed by atoms with Crippen molar-refractivity contribution in [2.75, 3.05) is 7.05 Å². The van der Waals surface area contributed by atoms with E-state index in [9.17, 15) is 16.8 Å². The van der Waals surface area contributed by atoms with Crippen LogP contribution in [-0.2, 0) is 20.0 Å². The summed E-state index contributed by atoms with van der Waals surface area (Å²) in [5.74, 6) is 0. The van der Waals surface area contributed by atoms with Gasteiger partial charge in [0.2, 0.25) is 0 Å². The van der Waals surface area contributed by atoms with Crippen molar-refractivity contribution in [3.8, 4) is 0 Å². The summed E-state index contributed by atoms with van der Waals surface area (Å²) in [6, 6.07) is 10.9. The normalized spacial score (nSPS) is 12.5. The first-order valence-corrected chi connectivity index (χ1v) is 9.55. The van der Waals surface area contributed by atoms with Gasteiger partial charge < -0.3 is 0 Å². The molecule has 0 aliphatic carbocycles. The van der Waals surface area contributed by atoms with Crippen LogP contribution in [0, 0.1) is 0 Å². The van der Waals surface area contributed by atoms with Crippen molar-refractivity contribution in [3.05, 3.63) is 58.6 Å². The minimum atomic E-state index is -4.28. The van der Waals surface area contributed by atoms with Crippen LogP contribution in [0.25, 0.3) is 0 Å². The van der Waals surface area contributed by atoms with Crippen LogP contribution in [0.1, 0.15) is 0 Å². The Hall–Kier alpha value is -1.12. The zero-order valence-corrected chi connectivity index (χ0v) is 14.4. The largest absolute Gasteiger partial charge is 0.256 e. The molecule has 0 fully saturated rings. The molecule has 0 spiro atoms. The van der Waals surface area contributed by atoms with Gasteiger partial charge in [-0.2, -0.15) is 0 Å². The van der Waals surface area contributed by atoms with Gasteiger partial charge in [-0.25, -0.2) is 16.8 Å². The summed E-state index contributed by atoms with van der Waals surface area (Å²) < 4.78 is 50.0. The Morgan fingerprint density at radius 1 is 0.773 bits per heavy atom. The average molecular weight is 380 g/mol. The van der Waals surface area contributed by atoms with Crippen LogP contribution in [0.2, 0.25) is 10.0 Å². The Bertz CT molecular complexity index is 897. The number of nitrogens with zero attached hydrogens (tertiary/aromatic N) is 1. The number of sulfonamides is 2. The summed E-state index contributed by atoms with van der Waals surface area (Å²) in [5, 5.41) is 0.197. The maximum Gasteiger partial charge on any atom is 0.256 e. The van der Waals surface area contributed by atoms with E-state index in [1.807, 2.05) is 0 Å². The molecule has 0 saturated heterocycles. The fraction of sp³-hybridized carbons (Fsp3) is 0.0769. The highest BCUT2D eigenvalue weighted by molar-refractivity contribution is 8.04. The molecule has 22 heavy (non-hydrogen) atoms. The molecular formula is C13H11Cl2NO4S2. The van der Waals surface area contributed by atoms with Gasteiger partial charge in [0, 0.05) is 7.05 Å². The van der Waals surface area contributed by atoms with E-state index in [-0.39, 0.29) is 19.8 Å². The first-order chi connectivity index (χ1) is 10.2. The molecule has 0 aliphatic heterocycles. The van der Waals surface area contributed by atoms with Crippen molar-refractivity contribution in [2.45, 2.75) is 9.79 Å². The number of hydrogen-bond donors (Lipinski definition) is 0. The van der Waals surface area contributed by atoms with Crippen LogP contribution in [0.3, 0.4) is 0 Å². The fourth-order valence-electron chi connectivity index (χ4n) is 1.66. The fourth-order valence-corrected chi connectivity index (χ4v) is 5.17. The molecule has 0 N–H and O–H groups in total. The molecule has 0 aromatic heterocycles. The first-order valence-electron chi connectivity index (χ1n) is 5.91. The number of rotatable bonds is 4. The van der Waals surface area contributed by atoms with Crippen LogP contribution in [0.5, 0.6) is 0 Å². The highest BCUT2D eigenvalue weighted by Crippen LogP contribution is 2.28. The summed E-state index contributed by atoms with van der Waals surface area (Å²) in [6.07, 6.45) is 0. The van der Waals surface area contributed by atoms with Crippen LogP contribution in [-0.4, -0.2) is 27.6 Å². The van der Waals surface area contributed by atoms with E-state index in [0.29, 0.717) is 3.71 Å². The van der Waals surface area contributed by atoms with Crippen molar-refractivity contribution in [1.29, 1.82) is 0 Å². The van der Waals surface area contributed by atoms with Crippen LogP contribution in [0.4, 0.5) is 0 Å². The summed E-state index contributed by atoms with van der Waals surface area (Å²) in [6.45, 7) is 0. The van der Waals surface area contributed by atoms with Gasteiger partial charge in [0.15, 0.2) is 0 Å². The first kappa shape index (κ1) is 17.2. The predicted octanol–water partition coefficient (Wildman–Crippen LogP) is 3.00. The number of hydrogen-bond acceptors (Lipinski definition) is 4. The Kier molecular flexibility index (Phi) is 4.84. The maximum absolute atomic E-state index is 12.5. The average Bonchev–Trinajstić information content (AvgIpc) is 2.50. The summed E-state index contributed by atoms with van der Waals surface area (Å²) >= 11 is 11.5. The zero-order chi connectivity index (χ0) is 16.5. The summed E-state index contributed by atoms with van der Waals surface area (Å²) in [4.78, 5) is -0.384. The molecule has 2 aromatic carbocycles. The van der Waals surface area contributed by atoms with Crippen molar-refractivity contribution in [2.24, 2.45) is 0 Å². The van der Waals surface area contributed by atoms with E-state index < -0.39 is 20.0 Å². The van der Waals surface area contributed by atoms with Crippen molar-refractivity contribution in [3.63, 3.8) is 0 Å². The molecule has 9 heteroatoms. The summed E-state index contributed by atoms with van der Waals surface area (Å²) in [5.41, 5.74) is 0. The van der Waals surface area contributed by atoms with E-state index >= 15 is 0 Å². The standard InChI is InChI=1S/C13H11Cl2NO4S2/c1-16(21(17,18)10-5-3-2-4-6-10)22(19,20)11-7-8-12(14)13(15)9-11/h2-9H,1H3. The maximum atomic E-state index is 12.5. The van der Waals surface area contributed by atoms with E-state index in [4.69, 9.17) is 23.2 Å². The second-order valence-corrected chi connectivity index (χ2v) is 9.26. The third kappa shape index (κ3) is 3.13. The number of benzene rings is 2. The monoisotopic (exact) mass is 379 g/mol. The lowest BCUT2D eigenvalue weighted by atomic mass is 10.4. The lowest BCUT2D eigenvalue weighted by molar-refractivity contribution is 0.526. The third-order valence-electron chi connectivity index (χ3n) is 2.91. The molecule has 0 unspecified atom stereocenters. The van der Waals surface area contributed by atoms with Crippen molar-refractivity contribution < 1.29 is 16.8 Å². The van der Waals surface area contributed by atoms with Gasteiger partial charge in [-0.15, -0.1) is 0 Å². The molecule has 0 radical (unpaired) electrons. The van der Waals surface area contributed by atoms with E-state index in [2.05, 4.69) is 0 Å². The van der Waals surface area contributed by atoms with Crippen molar-refractivity contribution in [1.82, 2.24) is 3.71 Å². The molecule has 5 nitrogen and oxygen atoms in total. The van der Waals surface area contributed by atoms with Gasteiger partial charge >= 0.3 is 0 Å². The van der Waals surface area contributed by atoms with E-state index in [1.54, 1.807) is 6.07 Å². The lowest BCUT2D eigenvalue weighted by Crippen LogP contribution is -2.33. The topological polar surface area (TPSA) is 71.5 Å². The third-order valence-corrected chi connectivity index (χ3v) is 7.89. The van der Waals surface area contributed by atoms with Gasteiger partial charge in [0.05, 0.1) is 19.8 Å². The zero-order valence-electron chi connectivity index (χ0n) is 11.3. The summed E-state index contributed by atoms with van der Waals surface area (Å²) in [7, 11) is -7.51. The van der Waals surface area contributed by atoms with Gasteiger partial charge in [0.25, 0.3) is 20.0 Å². The SMILES string of the molecule is CN(S(=O)(=O)c1ccccc1)S(=O)(=O)c1ccc(Cl)c(Cl)c1. The molecule has 118 valence electrons. The van der Waals surface area contributed by atoms with E-state index in [1.165, 1.54) is 36.4 Å². The number of halogens is 2.